The van der Waals surface area contributed by atoms with Gasteiger partial charge in [-0.1, -0.05) is 0 Å². The molecule has 1 rings (SSSR count). The zero-order chi connectivity index (χ0) is 14.5. The topological polar surface area (TPSA) is 47.6 Å². The number of rotatable bonds is 6. The third-order valence-electron chi connectivity index (χ3n) is 2.63. The van der Waals surface area contributed by atoms with Crippen LogP contribution in [0.15, 0.2) is 18.2 Å². The van der Waals surface area contributed by atoms with Crippen molar-refractivity contribution in [1.29, 1.82) is 0 Å². The molecule has 19 heavy (non-hydrogen) atoms. The summed E-state index contributed by atoms with van der Waals surface area (Å²) >= 11 is 0. The first-order chi connectivity index (χ1) is 8.89. The molecule has 0 bridgehead atoms. The fraction of sp³-hybridized carbons (Fsp3) is 0.500. The van der Waals surface area contributed by atoms with E-state index in [9.17, 15) is 9.18 Å². The van der Waals surface area contributed by atoms with Crippen LogP contribution in [0.1, 0.15) is 31.1 Å². The second kappa shape index (κ2) is 6.52. The average molecular weight is 269 g/mol. The van der Waals surface area contributed by atoms with Crippen molar-refractivity contribution in [2.24, 2.45) is 0 Å². The van der Waals surface area contributed by atoms with Gasteiger partial charge in [-0.3, -0.25) is 4.79 Å². The minimum Gasteiger partial charge on any atom is -0.497 e. The number of halogens is 1. The largest absolute Gasteiger partial charge is 0.497 e. The van der Waals surface area contributed by atoms with Crippen molar-refractivity contribution in [2.45, 2.75) is 26.4 Å². The molecular formula is C14H20FNO3. The molecule has 0 aliphatic heterocycles. The van der Waals surface area contributed by atoms with Gasteiger partial charge in [-0.05, 0) is 32.9 Å². The van der Waals surface area contributed by atoms with Gasteiger partial charge in [0.1, 0.15) is 11.6 Å². The third kappa shape index (κ3) is 4.52. The van der Waals surface area contributed by atoms with E-state index in [1.807, 2.05) is 20.8 Å². The number of amides is 1. The number of methoxy groups -OCH3 is 1. The molecule has 1 aromatic carbocycles. The number of carbonyl (C=O) groups excluding carboxylic acids is 1. The zero-order valence-electron chi connectivity index (χ0n) is 11.7. The molecule has 0 aliphatic rings. The maximum atomic E-state index is 13.7. The highest BCUT2D eigenvalue weighted by Crippen LogP contribution is 2.16. The Morgan fingerprint density at radius 1 is 1.42 bits per heavy atom. The predicted octanol–water partition coefficient (Wildman–Crippen LogP) is 2.38. The van der Waals surface area contributed by atoms with Crippen molar-refractivity contribution in [1.82, 2.24) is 5.32 Å². The molecule has 0 heterocycles. The molecule has 1 N–H and O–H groups in total. The van der Waals surface area contributed by atoms with Crippen molar-refractivity contribution >= 4 is 5.91 Å². The highest BCUT2D eigenvalue weighted by atomic mass is 19.1. The number of ether oxygens (including phenoxy) is 2. The lowest BCUT2D eigenvalue weighted by molar-refractivity contribution is -0.00818. The molecule has 0 aliphatic carbocycles. The summed E-state index contributed by atoms with van der Waals surface area (Å²) in [7, 11) is 1.44. The maximum Gasteiger partial charge on any atom is 0.254 e. The first kappa shape index (κ1) is 15.4. The van der Waals surface area contributed by atoms with E-state index in [0.29, 0.717) is 18.9 Å². The minimum atomic E-state index is -0.605. The van der Waals surface area contributed by atoms with Gasteiger partial charge in [0.2, 0.25) is 0 Å². The lowest BCUT2D eigenvalue weighted by Crippen LogP contribution is -2.40. The van der Waals surface area contributed by atoms with Crippen LogP contribution >= 0.6 is 0 Å². The van der Waals surface area contributed by atoms with E-state index in [4.69, 9.17) is 9.47 Å². The molecule has 5 heteroatoms. The second-order valence-corrected chi connectivity index (χ2v) is 4.72. The van der Waals surface area contributed by atoms with Gasteiger partial charge in [0.05, 0.1) is 18.3 Å². The quantitative estimate of drug-likeness (QED) is 0.862. The van der Waals surface area contributed by atoms with Crippen LogP contribution in [0, 0.1) is 5.82 Å². The molecule has 106 valence electrons. The summed E-state index contributed by atoms with van der Waals surface area (Å²) in [5.41, 5.74) is -0.485. The summed E-state index contributed by atoms with van der Waals surface area (Å²) in [6.45, 7) is 6.47. The maximum absolute atomic E-state index is 13.7. The molecule has 0 saturated heterocycles. The van der Waals surface area contributed by atoms with E-state index in [-0.39, 0.29) is 5.56 Å². The number of hydrogen-bond acceptors (Lipinski definition) is 3. The Bertz CT molecular complexity index is 446. The van der Waals surface area contributed by atoms with E-state index < -0.39 is 17.3 Å². The monoisotopic (exact) mass is 269 g/mol. The Kier molecular flexibility index (Phi) is 5.30. The molecule has 0 fully saturated rings. The average Bonchev–Trinajstić information content (AvgIpc) is 2.36. The Hall–Kier alpha value is -1.62. The van der Waals surface area contributed by atoms with Crippen LogP contribution in [0.3, 0.4) is 0 Å². The Labute approximate surface area is 112 Å². The number of hydrogen-bond donors (Lipinski definition) is 1. The van der Waals surface area contributed by atoms with E-state index in [1.165, 1.54) is 19.2 Å². The van der Waals surface area contributed by atoms with Crippen molar-refractivity contribution in [3.63, 3.8) is 0 Å². The predicted molar refractivity (Wildman–Crippen MR) is 71.0 cm³/mol. The molecule has 0 aromatic heterocycles. The highest BCUT2D eigenvalue weighted by Gasteiger charge is 2.20. The summed E-state index contributed by atoms with van der Waals surface area (Å²) < 4.78 is 24.0. The molecule has 4 nitrogen and oxygen atoms in total. The van der Waals surface area contributed by atoms with Gasteiger partial charge in [0.25, 0.3) is 5.91 Å². The lowest BCUT2D eigenvalue weighted by atomic mass is 10.1. The van der Waals surface area contributed by atoms with E-state index >= 15 is 0 Å². The van der Waals surface area contributed by atoms with Crippen LogP contribution in [0.25, 0.3) is 0 Å². The molecule has 0 unspecified atom stereocenters. The Morgan fingerprint density at radius 2 is 2.11 bits per heavy atom. The normalized spacial score (nSPS) is 11.2. The fourth-order valence-electron chi connectivity index (χ4n) is 1.64. The number of benzene rings is 1. The molecule has 0 spiro atoms. The minimum absolute atomic E-state index is 0.00639. The molecule has 1 aromatic rings. The molecular weight excluding hydrogens is 249 g/mol. The summed E-state index contributed by atoms with van der Waals surface area (Å²) in [5, 5.41) is 2.66. The second-order valence-electron chi connectivity index (χ2n) is 4.72. The van der Waals surface area contributed by atoms with Gasteiger partial charge < -0.3 is 14.8 Å². The molecule has 0 saturated carbocycles. The van der Waals surface area contributed by atoms with Gasteiger partial charge in [-0.25, -0.2) is 4.39 Å². The molecule has 0 atom stereocenters. The summed E-state index contributed by atoms with van der Waals surface area (Å²) in [5.74, 6) is -0.692. The van der Waals surface area contributed by atoms with Gasteiger partial charge in [0.15, 0.2) is 0 Å². The smallest absolute Gasteiger partial charge is 0.254 e. The van der Waals surface area contributed by atoms with Crippen LogP contribution in [0.4, 0.5) is 4.39 Å². The van der Waals surface area contributed by atoms with Gasteiger partial charge >= 0.3 is 0 Å². The van der Waals surface area contributed by atoms with Crippen LogP contribution in [-0.2, 0) is 4.74 Å². The fourth-order valence-corrected chi connectivity index (χ4v) is 1.64. The van der Waals surface area contributed by atoms with Crippen molar-refractivity contribution in [2.75, 3.05) is 20.3 Å². The third-order valence-corrected chi connectivity index (χ3v) is 2.63. The first-order valence-electron chi connectivity index (χ1n) is 6.15. The molecule has 1 amide bonds. The van der Waals surface area contributed by atoms with Gasteiger partial charge in [0, 0.05) is 19.2 Å². The summed E-state index contributed by atoms with van der Waals surface area (Å²) in [4.78, 5) is 11.9. The Balaban J connectivity index is 2.68. The van der Waals surface area contributed by atoms with E-state index in [2.05, 4.69) is 5.32 Å². The SMILES string of the molecule is CCOC(C)(C)CNC(=O)c1ccc(OC)cc1F. The lowest BCUT2D eigenvalue weighted by Gasteiger charge is -2.24. The summed E-state index contributed by atoms with van der Waals surface area (Å²) in [6, 6.07) is 4.13. The molecule has 0 radical (unpaired) electrons. The van der Waals surface area contributed by atoms with E-state index in [1.54, 1.807) is 6.07 Å². The van der Waals surface area contributed by atoms with Crippen LogP contribution in [0.5, 0.6) is 5.75 Å². The standard InChI is InChI=1S/C14H20FNO3/c1-5-19-14(2,3)9-16-13(17)11-7-6-10(18-4)8-12(11)15/h6-8H,5,9H2,1-4H3,(H,16,17). The number of nitrogens with one attached hydrogen (secondary N) is 1. The highest BCUT2D eigenvalue weighted by molar-refractivity contribution is 5.94. The van der Waals surface area contributed by atoms with Crippen LogP contribution < -0.4 is 10.1 Å². The number of carbonyl (C=O) groups is 1. The van der Waals surface area contributed by atoms with Crippen molar-refractivity contribution in [3.8, 4) is 5.75 Å². The summed E-state index contributed by atoms with van der Waals surface area (Å²) in [6.07, 6.45) is 0. The van der Waals surface area contributed by atoms with Crippen LogP contribution in [-0.4, -0.2) is 31.8 Å². The van der Waals surface area contributed by atoms with Crippen molar-refractivity contribution in [3.05, 3.63) is 29.6 Å². The van der Waals surface area contributed by atoms with Crippen LogP contribution in [0.2, 0.25) is 0 Å². The van der Waals surface area contributed by atoms with Gasteiger partial charge in [-0.2, -0.15) is 0 Å². The first-order valence-corrected chi connectivity index (χ1v) is 6.15. The van der Waals surface area contributed by atoms with E-state index in [0.717, 1.165) is 0 Å². The van der Waals surface area contributed by atoms with Gasteiger partial charge in [-0.15, -0.1) is 0 Å². The zero-order valence-corrected chi connectivity index (χ0v) is 11.7. The Morgan fingerprint density at radius 3 is 2.63 bits per heavy atom. The van der Waals surface area contributed by atoms with Crippen molar-refractivity contribution < 1.29 is 18.7 Å².